The van der Waals surface area contributed by atoms with Gasteiger partial charge in [0.05, 0.1) is 11.8 Å². The van der Waals surface area contributed by atoms with E-state index in [0.29, 0.717) is 0 Å². The number of benzene rings is 2. The first-order valence-electron chi connectivity index (χ1n) is 9.73. The van der Waals surface area contributed by atoms with Crippen LogP contribution in [0.2, 0.25) is 0 Å². The van der Waals surface area contributed by atoms with Gasteiger partial charge in [-0.05, 0) is 17.5 Å². The molecule has 3 N–H and O–H groups in total. The molecule has 0 saturated heterocycles. The van der Waals surface area contributed by atoms with Crippen molar-refractivity contribution in [3.8, 4) is 0 Å². The van der Waals surface area contributed by atoms with Crippen LogP contribution in [0.5, 0.6) is 0 Å². The van der Waals surface area contributed by atoms with Gasteiger partial charge in [0.25, 0.3) is 21.6 Å². The molecule has 0 bridgehead atoms. The van der Waals surface area contributed by atoms with E-state index in [-0.39, 0.29) is 24.2 Å². The number of carbonyl (C=O) groups is 2. The fraction of sp³-hybridized carbons (Fsp3) is 0.182. The van der Waals surface area contributed by atoms with E-state index in [9.17, 15) is 22.8 Å². The van der Waals surface area contributed by atoms with Crippen molar-refractivity contribution in [3.63, 3.8) is 0 Å². The molecule has 0 spiro atoms. The number of nitrogens with zero attached hydrogens (tertiary/aromatic N) is 1. The molecule has 3 rings (SSSR count). The molecule has 9 nitrogen and oxygen atoms in total. The lowest BCUT2D eigenvalue weighted by Crippen LogP contribution is -2.34. The summed E-state index contributed by atoms with van der Waals surface area (Å²) >= 11 is 0. The number of aromatic nitrogens is 2. The predicted molar refractivity (Wildman–Crippen MR) is 117 cm³/mol. The van der Waals surface area contributed by atoms with Crippen molar-refractivity contribution in [3.05, 3.63) is 99.7 Å². The van der Waals surface area contributed by atoms with Gasteiger partial charge in [0.15, 0.2) is 11.6 Å². The molecule has 0 saturated carbocycles. The Labute approximate surface area is 184 Å². The maximum Gasteiger partial charge on any atom is 0.264 e. The van der Waals surface area contributed by atoms with Crippen molar-refractivity contribution >= 4 is 21.8 Å². The summed E-state index contributed by atoms with van der Waals surface area (Å²) in [6.45, 7) is 0. The summed E-state index contributed by atoms with van der Waals surface area (Å²) in [5.74, 6) is -2.14. The highest BCUT2D eigenvalue weighted by Crippen LogP contribution is 2.22. The second-order valence-electron chi connectivity index (χ2n) is 7.02. The topological polar surface area (TPSA) is 146 Å². The van der Waals surface area contributed by atoms with E-state index in [1.54, 1.807) is 0 Å². The third-order valence-electron chi connectivity index (χ3n) is 4.66. The molecule has 32 heavy (non-hydrogen) atoms. The first-order valence-corrected chi connectivity index (χ1v) is 11.3. The quantitative estimate of drug-likeness (QED) is 0.331. The van der Waals surface area contributed by atoms with E-state index in [2.05, 4.69) is 15.3 Å². The monoisotopic (exact) mass is 455 g/mol. The van der Waals surface area contributed by atoms with Gasteiger partial charge in [0, 0.05) is 12.6 Å². The lowest BCUT2D eigenvalue weighted by atomic mass is 9.98. The smallest absolute Gasteiger partial charge is 0.264 e. The van der Waals surface area contributed by atoms with Crippen molar-refractivity contribution < 1.29 is 22.6 Å². The molecule has 10 heteroatoms. The molecule has 0 aliphatic carbocycles. The molecule has 1 amide bonds. The molecular formula is C22H21N3O6S. The van der Waals surface area contributed by atoms with Crippen LogP contribution in [0.3, 0.4) is 0 Å². The Morgan fingerprint density at radius 3 is 2.06 bits per heavy atom. The Balaban J connectivity index is 1.78. The molecule has 0 fully saturated rings. The van der Waals surface area contributed by atoms with Crippen molar-refractivity contribution in [1.82, 2.24) is 15.3 Å². The minimum Gasteiger partial charge on any atom is -0.341 e. The highest BCUT2D eigenvalue weighted by molar-refractivity contribution is 7.85. The largest absolute Gasteiger partial charge is 0.341 e. The van der Waals surface area contributed by atoms with Gasteiger partial charge in [-0.2, -0.15) is 8.42 Å². The summed E-state index contributed by atoms with van der Waals surface area (Å²) < 4.78 is 30.2. The third kappa shape index (κ3) is 6.19. The number of hydrogen-bond donors (Lipinski definition) is 3. The molecule has 0 radical (unpaired) electrons. The summed E-state index contributed by atoms with van der Waals surface area (Å²) in [7, 11) is -4.18. The average molecular weight is 455 g/mol. The Hall–Kier alpha value is -3.63. The fourth-order valence-corrected chi connectivity index (χ4v) is 3.60. The molecular weight excluding hydrogens is 434 g/mol. The van der Waals surface area contributed by atoms with Crippen molar-refractivity contribution in [2.24, 2.45) is 0 Å². The van der Waals surface area contributed by atoms with Crippen LogP contribution < -0.4 is 10.9 Å². The number of hydrogen-bond acceptors (Lipinski definition) is 6. The van der Waals surface area contributed by atoms with Gasteiger partial charge in [0.1, 0.15) is 5.56 Å². The normalized spacial score (nSPS) is 11.3. The lowest BCUT2D eigenvalue weighted by molar-refractivity contribution is 0.0934. The Bertz CT molecular complexity index is 1220. The lowest BCUT2D eigenvalue weighted by Gasteiger charge is -2.19. The summed E-state index contributed by atoms with van der Waals surface area (Å²) in [6.07, 6.45) is 0.648. The summed E-state index contributed by atoms with van der Waals surface area (Å²) in [5, 5.41) is 2.83. The van der Waals surface area contributed by atoms with Gasteiger partial charge >= 0.3 is 0 Å². The number of nitrogens with one attached hydrogen (secondary N) is 2. The zero-order valence-electron chi connectivity index (χ0n) is 16.9. The molecule has 0 aliphatic rings. The Kier molecular flexibility index (Phi) is 7.29. The van der Waals surface area contributed by atoms with E-state index >= 15 is 0 Å². The maximum atomic E-state index is 12.8. The zero-order chi connectivity index (χ0) is 23.1. The summed E-state index contributed by atoms with van der Waals surface area (Å²) in [6, 6.07) is 18.0. The van der Waals surface area contributed by atoms with Crippen LogP contribution in [0.4, 0.5) is 0 Å². The van der Waals surface area contributed by atoms with Crippen LogP contribution in [0.15, 0.2) is 71.7 Å². The molecule has 0 aliphatic heterocycles. The Morgan fingerprint density at radius 2 is 1.56 bits per heavy atom. The molecule has 1 heterocycles. The number of H-pyrrole nitrogens is 1. The molecule has 2 aromatic carbocycles. The van der Waals surface area contributed by atoms with Crippen molar-refractivity contribution in [2.45, 2.75) is 18.9 Å². The van der Waals surface area contributed by atoms with Crippen molar-refractivity contribution in [1.29, 1.82) is 0 Å². The number of ketones is 1. The molecule has 0 atom stereocenters. The molecule has 0 unspecified atom stereocenters. The third-order valence-corrected chi connectivity index (χ3v) is 5.46. The van der Waals surface area contributed by atoms with Crippen LogP contribution in [-0.2, 0) is 10.1 Å². The van der Waals surface area contributed by atoms with Gasteiger partial charge < -0.3 is 10.3 Å². The second-order valence-corrected chi connectivity index (χ2v) is 8.59. The SMILES string of the molecule is O=C(CCCS(=O)(=O)O)c1ncc(C(=O)NC(c2ccccc2)c2ccccc2)c(=O)[nH]1. The van der Waals surface area contributed by atoms with Crippen LogP contribution in [-0.4, -0.2) is 40.4 Å². The number of aromatic amines is 1. The predicted octanol–water partition coefficient (Wildman–Crippen LogP) is 2.14. The molecule has 3 aromatic rings. The molecule has 1 aromatic heterocycles. The van der Waals surface area contributed by atoms with Gasteiger partial charge in [-0.25, -0.2) is 4.98 Å². The van der Waals surface area contributed by atoms with E-state index < -0.39 is 39.2 Å². The van der Waals surface area contributed by atoms with E-state index in [1.165, 1.54) is 0 Å². The van der Waals surface area contributed by atoms with Crippen LogP contribution in [0.25, 0.3) is 0 Å². The minimum atomic E-state index is -4.18. The van der Waals surface area contributed by atoms with E-state index in [1.807, 2.05) is 60.7 Å². The van der Waals surface area contributed by atoms with Gasteiger partial charge in [-0.3, -0.25) is 18.9 Å². The first-order chi connectivity index (χ1) is 15.2. The van der Waals surface area contributed by atoms with Crippen LogP contribution in [0.1, 0.15) is 51.0 Å². The summed E-state index contributed by atoms with van der Waals surface area (Å²) in [4.78, 5) is 43.5. The number of rotatable bonds is 9. The highest BCUT2D eigenvalue weighted by Gasteiger charge is 2.21. The second kappa shape index (κ2) is 10.1. The average Bonchev–Trinajstić information content (AvgIpc) is 2.77. The zero-order valence-corrected chi connectivity index (χ0v) is 17.7. The summed E-state index contributed by atoms with van der Waals surface area (Å²) in [5.41, 5.74) is 0.580. The van der Waals surface area contributed by atoms with E-state index in [0.717, 1.165) is 17.3 Å². The van der Waals surface area contributed by atoms with Crippen molar-refractivity contribution in [2.75, 3.05) is 5.75 Å². The fourth-order valence-electron chi connectivity index (χ4n) is 3.09. The van der Waals surface area contributed by atoms with Gasteiger partial charge in [0.2, 0.25) is 0 Å². The van der Waals surface area contributed by atoms with Gasteiger partial charge in [-0.1, -0.05) is 60.7 Å². The number of carbonyl (C=O) groups excluding carboxylic acids is 2. The first kappa shape index (κ1) is 23.0. The number of amides is 1. The standard InChI is InChI=1S/C22H21N3O6S/c26-18(12-7-13-32(29,30)31)20-23-14-17(22(28)25-20)21(27)24-19(15-8-3-1-4-9-15)16-10-5-2-6-11-16/h1-6,8-11,14,19H,7,12-13H2,(H,24,27)(H,23,25,28)(H,29,30,31). The highest BCUT2D eigenvalue weighted by atomic mass is 32.2. The maximum absolute atomic E-state index is 12.8. The van der Waals surface area contributed by atoms with Crippen LogP contribution in [0, 0.1) is 0 Å². The van der Waals surface area contributed by atoms with Crippen LogP contribution >= 0.6 is 0 Å². The van der Waals surface area contributed by atoms with E-state index in [4.69, 9.17) is 4.55 Å². The molecule has 166 valence electrons. The minimum absolute atomic E-state index is 0.126. The van der Waals surface area contributed by atoms with Gasteiger partial charge in [-0.15, -0.1) is 0 Å². The Morgan fingerprint density at radius 1 is 1.00 bits per heavy atom. The number of Topliss-reactive ketones (excluding diaryl/α,β-unsaturated/α-hetero) is 1.